The minimum absolute atomic E-state index is 0.00750. The van der Waals surface area contributed by atoms with Crippen LogP contribution >= 0.6 is 0 Å². The molecule has 1 aromatic heterocycles. The minimum Gasteiger partial charge on any atom is -0.455 e. The molecule has 0 radical (unpaired) electrons. The van der Waals surface area contributed by atoms with Gasteiger partial charge < -0.3 is 4.42 Å². The van der Waals surface area contributed by atoms with Crippen molar-refractivity contribution in [3.8, 4) is 11.3 Å². The van der Waals surface area contributed by atoms with Gasteiger partial charge in [-0.1, -0.05) is 0 Å². The van der Waals surface area contributed by atoms with Crippen LogP contribution in [0.3, 0.4) is 0 Å². The van der Waals surface area contributed by atoms with Gasteiger partial charge in [0.25, 0.3) is 11.6 Å². The summed E-state index contributed by atoms with van der Waals surface area (Å²) in [6.07, 6.45) is 1.33. The molecule has 3 aromatic rings. The summed E-state index contributed by atoms with van der Waals surface area (Å²) in [5.41, 5.74) is 4.02. The van der Waals surface area contributed by atoms with Crippen molar-refractivity contribution in [3.05, 3.63) is 87.4 Å². The molecule has 1 N–H and O–H groups in total. The summed E-state index contributed by atoms with van der Waals surface area (Å²) in [6.45, 7) is 1.75. The number of non-ortho nitro benzene ring substituents is 1. The first kappa shape index (κ1) is 18.0. The van der Waals surface area contributed by atoms with E-state index in [-0.39, 0.29) is 11.3 Å². The summed E-state index contributed by atoms with van der Waals surface area (Å²) in [4.78, 5) is 22.2. The molecule has 0 bridgehead atoms. The van der Waals surface area contributed by atoms with E-state index in [4.69, 9.17) is 4.42 Å². The van der Waals surface area contributed by atoms with E-state index in [2.05, 4.69) is 10.5 Å². The average Bonchev–Trinajstić information content (AvgIpc) is 3.10. The molecule has 0 atom stereocenters. The number of nitrogens with zero attached hydrogens (tertiary/aromatic N) is 2. The lowest BCUT2D eigenvalue weighted by Crippen LogP contribution is -2.17. The first-order valence-electron chi connectivity index (χ1n) is 7.88. The van der Waals surface area contributed by atoms with Crippen LogP contribution in [-0.4, -0.2) is 17.0 Å². The Bertz CT molecular complexity index is 1030. The van der Waals surface area contributed by atoms with Gasteiger partial charge in [-0.2, -0.15) is 5.10 Å². The highest BCUT2D eigenvalue weighted by Gasteiger charge is 2.12. The summed E-state index contributed by atoms with van der Waals surface area (Å²) in [6, 6.07) is 12.9. The number of amides is 1. The second kappa shape index (κ2) is 7.61. The van der Waals surface area contributed by atoms with Crippen molar-refractivity contribution < 1.29 is 18.5 Å². The maximum atomic E-state index is 12.8. The van der Waals surface area contributed by atoms with E-state index in [1.165, 1.54) is 42.6 Å². The molecule has 0 saturated carbocycles. The predicted molar refractivity (Wildman–Crippen MR) is 97.0 cm³/mol. The number of benzene rings is 2. The Labute approximate surface area is 153 Å². The SMILES string of the molecule is Cc1cc([N+](=O)[O-])ccc1-c1ccc(/C=N/NC(=O)c2ccc(F)cc2)o1. The lowest BCUT2D eigenvalue weighted by Gasteiger charge is -2.02. The molecule has 0 unspecified atom stereocenters. The molecule has 0 aliphatic carbocycles. The molecule has 136 valence electrons. The fourth-order valence-corrected chi connectivity index (χ4v) is 2.43. The van der Waals surface area contributed by atoms with Crippen LogP contribution in [0.25, 0.3) is 11.3 Å². The molecule has 7 nitrogen and oxygen atoms in total. The number of hydrogen-bond donors (Lipinski definition) is 1. The summed E-state index contributed by atoms with van der Waals surface area (Å²) in [7, 11) is 0. The van der Waals surface area contributed by atoms with Gasteiger partial charge in [-0.05, 0) is 55.0 Å². The van der Waals surface area contributed by atoms with E-state index >= 15 is 0 Å². The van der Waals surface area contributed by atoms with Crippen LogP contribution < -0.4 is 5.43 Å². The van der Waals surface area contributed by atoms with E-state index in [1.54, 1.807) is 25.1 Å². The van der Waals surface area contributed by atoms with Crippen LogP contribution in [0.2, 0.25) is 0 Å². The fourth-order valence-electron chi connectivity index (χ4n) is 2.43. The maximum absolute atomic E-state index is 12.8. The van der Waals surface area contributed by atoms with Crippen LogP contribution in [-0.2, 0) is 0 Å². The van der Waals surface area contributed by atoms with Gasteiger partial charge in [-0.15, -0.1) is 0 Å². The molecule has 0 saturated heterocycles. The number of nitro groups is 1. The van der Waals surface area contributed by atoms with Gasteiger partial charge in [0.1, 0.15) is 17.3 Å². The molecule has 0 aliphatic rings. The fraction of sp³-hybridized carbons (Fsp3) is 0.0526. The van der Waals surface area contributed by atoms with Crippen molar-refractivity contribution in [2.24, 2.45) is 5.10 Å². The quantitative estimate of drug-likeness (QED) is 0.417. The normalized spacial score (nSPS) is 10.9. The van der Waals surface area contributed by atoms with Gasteiger partial charge in [0.2, 0.25) is 0 Å². The molecular weight excluding hydrogens is 353 g/mol. The Morgan fingerprint density at radius 1 is 1.19 bits per heavy atom. The Kier molecular flexibility index (Phi) is 5.07. The van der Waals surface area contributed by atoms with Gasteiger partial charge in [0.05, 0.1) is 11.1 Å². The van der Waals surface area contributed by atoms with Gasteiger partial charge in [-0.3, -0.25) is 14.9 Å². The third-order valence-corrected chi connectivity index (χ3v) is 3.78. The minimum atomic E-state index is -0.482. The van der Waals surface area contributed by atoms with E-state index in [0.29, 0.717) is 17.1 Å². The largest absolute Gasteiger partial charge is 0.455 e. The van der Waals surface area contributed by atoms with Gasteiger partial charge in [0, 0.05) is 23.3 Å². The van der Waals surface area contributed by atoms with Crippen molar-refractivity contribution in [3.63, 3.8) is 0 Å². The molecule has 27 heavy (non-hydrogen) atoms. The van der Waals surface area contributed by atoms with E-state index < -0.39 is 16.6 Å². The zero-order valence-corrected chi connectivity index (χ0v) is 14.2. The first-order valence-corrected chi connectivity index (χ1v) is 7.88. The number of rotatable bonds is 5. The molecule has 1 amide bonds. The topological polar surface area (TPSA) is 97.7 Å². The van der Waals surface area contributed by atoms with Crippen LogP contribution in [0, 0.1) is 22.9 Å². The van der Waals surface area contributed by atoms with Crippen LogP contribution in [0.1, 0.15) is 21.7 Å². The molecule has 3 rings (SSSR count). The van der Waals surface area contributed by atoms with Gasteiger partial charge >= 0.3 is 0 Å². The first-order chi connectivity index (χ1) is 12.9. The second-order valence-corrected chi connectivity index (χ2v) is 5.66. The maximum Gasteiger partial charge on any atom is 0.271 e. The van der Waals surface area contributed by atoms with E-state index in [1.807, 2.05) is 0 Å². The molecular formula is C19H14FN3O4. The number of carbonyl (C=O) groups is 1. The lowest BCUT2D eigenvalue weighted by molar-refractivity contribution is -0.384. The Morgan fingerprint density at radius 2 is 1.93 bits per heavy atom. The highest BCUT2D eigenvalue weighted by molar-refractivity contribution is 5.94. The highest BCUT2D eigenvalue weighted by Crippen LogP contribution is 2.28. The molecule has 0 spiro atoms. The highest BCUT2D eigenvalue weighted by atomic mass is 19.1. The number of hydrazone groups is 1. The van der Waals surface area contributed by atoms with Crippen molar-refractivity contribution in [2.45, 2.75) is 6.92 Å². The van der Waals surface area contributed by atoms with Crippen LogP contribution in [0.5, 0.6) is 0 Å². The van der Waals surface area contributed by atoms with Crippen LogP contribution in [0.15, 0.2) is 64.1 Å². The van der Waals surface area contributed by atoms with Crippen molar-refractivity contribution in [1.82, 2.24) is 5.43 Å². The number of nitro benzene ring substituents is 1. The van der Waals surface area contributed by atoms with E-state index in [9.17, 15) is 19.3 Å². The number of nitrogens with one attached hydrogen (secondary N) is 1. The third-order valence-electron chi connectivity index (χ3n) is 3.78. The smallest absolute Gasteiger partial charge is 0.271 e. The summed E-state index contributed by atoms with van der Waals surface area (Å²) >= 11 is 0. The van der Waals surface area contributed by atoms with Gasteiger partial charge in [-0.25, -0.2) is 9.82 Å². The Hall–Kier alpha value is -3.81. The summed E-state index contributed by atoms with van der Waals surface area (Å²) < 4.78 is 18.5. The third kappa shape index (κ3) is 4.24. The monoisotopic (exact) mass is 367 g/mol. The number of carbonyl (C=O) groups excluding carboxylic acids is 1. The van der Waals surface area contributed by atoms with Crippen molar-refractivity contribution >= 4 is 17.8 Å². The molecule has 0 fully saturated rings. The second-order valence-electron chi connectivity index (χ2n) is 5.66. The number of aryl methyl sites for hydroxylation is 1. The number of furan rings is 1. The molecule has 0 aliphatic heterocycles. The number of hydrogen-bond acceptors (Lipinski definition) is 5. The predicted octanol–water partition coefficient (Wildman–Crippen LogP) is 4.07. The Balaban J connectivity index is 1.69. The lowest BCUT2D eigenvalue weighted by atomic mass is 10.1. The number of halogens is 1. The van der Waals surface area contributed by atoms with Gasteiger partial charge in [0.15, 0.2) is 0 Å². The zero-order valence-electron chi connectivity index (χ0n) is 14.2. The molecule has 8 heteroatoms. The van der Waals surface area contributed by atoms with E-state index in [0.717, 1.165) is 5.56 Å². The van der Waals surface area contributed by atoms with Crippen molar-refractivity contribution in [2.75, 3.05) is 0 Å². The average molecular weight is 367 g/mol. The molecule has 2 aromatic carbocycles. The summed E-state index contributed by atoms with van der Waals surface area (Å²) in [5, 5.41) is 14.6. The summed E-state index contributed by atoms with van der Waals surface area (Å²) in [5.74, 6) is -0.000172. The van der Waals surface area contributed by atoms with Crippen LogP contribution in [0.4, 0.5) is 10.1 Å². The Morgan fingerprint density at radius 3 is 2.59 bits per heavy atom. The van der Waals surface area contributed by atoms with Crippen molar-refractivity contribution in [1.29, 1.82) is 0 Å². The zero-order chi connectivity index (χ0) is 19.4. The standard InChI is InChI=1S/C19H14FN3O4/c1-12-10-15(23(25)26)6-8-17(12)18-9-7-16(27-18)11-21-22-19(24)13-2-4-14(20)5-3-13/h2-11H,1H3,(H,22,24)/b21-11+. The molecule has 1 heterocycles.